The van der Waals surface area contributed by atoms with Crippen molar-refractivity contribution in [1.82, 2.24) is 4.57 Å². The number of para-hydroxylation sites is 5. The predicted octanol–water partition coefficient (Wildman–Crippen LogP) is 11.9. The normalized spacial score (nSPS) is 12.0. The van der Waals surface area contributed by atoms with Gasteiger partial charge < -0.3 is 19.2 Å². The number of anilines is 5. The number of hydrogen-bond donors (Lipinski definition) is 1. The molecule has 0 saturated heterocycles. The largest absolute Gasteiger partial charge is 0.456 e. The Morgan fingerprint density at radius 1 is 0.527 bits per heavy atom. The van der Waals surface area contributed by atoms with Gasteiger partial charge in [0.25, 0.3) is 0 Å². The van der Waals surface area contributed by atoms with Crippen molar-refractivity contribution in [3.63, 3.8) is 0 Å². The molecule has 1 aliphatic rings. The van der Waals surface area contributed by atoms with E-state index in [-0.39, 0.29) is 0 Å². The van der Waals surface area contributed by atoms with Crippen LogP contribution in [0.25, 0.3) is 60.6 Å². The molecule has 55 heavy (non-hydrogen) atoms. The van der Waals surface area contributed by atoms with Gasteiger partial charge in [-0.1, -0.05) is 114 Å². The monoisotopic (exact) mass is 705 g/mol. The van der Waals surface area contributed by atoms with Gasteiger partial charge in [-0.05, 0) is 91.1 Å². The number of nitrogens with one attached hydrogen (secondary N) is 1. The average molecular weight is 706 g/mol. The highest BCUT2D eigenvalue weighted by Crippen LogP contribution is 2.44. The lowest BCUT2D eigenvalue weighted by atomic mass is 9.59. The van der Waals surface area contributed by atoms with Gasteiger partial charge >= 0.3 is 0 Å². The zero-order valence-corrected chi connectivity index (χ0v) is 30.7. The van der Waals surface area contributed by atoms with Crippen molar-refractivity contribution in [3.8, 4) is 16.8 Å². The van der Waals surface area contributed by atoms with Crippen LogP contribution in [0.15, 0.2) is 174 Å². The minimum atomic E-state index is 0.808. The standard InChI is InChI=1S/C50H36BN3O/c1-31-24-25-43(32(2)26-31)52-44-30-48-40(37-19-10-12-23-47(37)55-48)29-39(44)41-27-35(53(33-14-5-3-6-15-33)34-16-7-4-8-17-34)28-46-49(41)51-42-21-13-20-38-36-18-9-11-22-45(36)54(46)50(38)42/h3-30,51-52H,1-2H3. The highest BCUT2D eigenvalue weighted by atomic mass is 16.3. The number of aromatic nitrogens is 1. The van der Waals surface area contributed by atoms with Crippen LogP contribution < -0.4 is 21.1 Å². The fraction of sp³-hybridized carbons (Fsp3) is 0.0400. The molecule has 260 valence electrons. The molecule has 4 nitrogen and oxygen atoms in total. The van der Waals surface area contributed by atoms with Crippen LogP contribution in [-0.2, 0) is 0 Å². The fourth-order valence-corrected chi connectivity index (χ4v) is 8.87. The molecule has 5 heteroatoms. The Morgan fingerprint density at radius 2 is 1.24 bits per heavy atom. The molecule has 0 bridgehead atoms. The molecule has 8 aromatic carbocycles. The summed E-state index contributed by atoms with van der Waals surface area (Å²) in [7, 11) is 0.808. The molecule has 0 spiro atoms. The van der Waals surface area contributed by atoms with Gasteiger partial charge in [0.2, 0.25) is 0 Å². The van der Waals surface area contributed by atoms with Gasteiger partial charge in [-0.2, -0.15) is 0 Å². The molecule has 3 heterocycles. The predicted molar refractivity (Wildman–Crippen MR) is 234 cm³/mol. The molecule has 0 unspecified atom stereocenters. The highest BCUT2D eigenvalue weighted by Gasteiger charge is 2.29. The van der Waals surface area contributed by atoms with Crippen molar-refractivity contribution in [1.29, 1.82) is 0 Å². The van der Waals surface area contributed by atoms with Gasteiger partial charge in [0, 0.05) is 67.1 Å². The quantitative estimate of drug-likeness (QED) is 0.175. The van der Waals surface area contributed by atoms with Crippen molar-refractivity contribution in [2.45, 2.75) is 13.8 Å². The maximum atomic E-state index is 6.53. The van der Waals surface area contributed by atoms with E-state index in [1.165, 1.54) is 55.1 Å². The summed E-state index contributed by atoms with van der Waals surface area (Å²) in [6.45, 7) is 4.32. The molecule has 0 aliphatic carbocycles. The van der Waals surface area contributed by atoms with Crippen LogP contribution in [0.1, 0.15) is 11.1 Å². The second-order valence-corrected chi connectivity index (χ2v) is 14.8. The molecular weight excluding hydrogens is 669 g/mol. The number of fused-ring (bicyclic) bond motifs is 8. The van der Waals surface area contributed by atoms with Crippen molar-refractivity contribution < 1.29 is 4.42 Å². The maximum absolute atomic E-state index is 6.53. The topological polar surface area (TPSA) is 33.3 Å². The first kappa shape index (κ1) is 31.5. The van der Waals surface area contributed by atoms with Gasteiger partial charge in [0.15, 0.2) is 7.28 Å². The van der Waals surface area contributed by atoms with Crippen molar-refractivity contribution in [2.75, 3.05) is 10.2 Å². The number of rotatable bonds is 6. The molecule has 11 rings (SSSR count). The molecule has 0 fully saturated rings. The summed E-state index contributed by atoms with van der Waals surface area (Å²) in [5.74, 6) is 0. The molecule has 10 aromatic rings. The Kier molecular flexibility index (Phi) is 7.05. The molecule has 0 atom stereocenters. The molecule has 1 aliphatic heterocycles. The van der Waals surface area contributed by atoms with E-state index < -0.39 is 0 Å². The third kappa shape index (κ3) is 5.00. The summed E-state index contributed by atoms with van der Waals surface area (Å²) in [5.41, 5.74) is 18.2. The van der Waals surface area contributed by atoms with Crippen LogP contribution in [0.3, 0.4) is 0 Å². The van der Waals surface area contributed by atoms with Crippen LogP contribution in [0.2, 0.25) is 0 Å². The number of nitrogens with zero attached hydrogens (tertiary/aromatic N) is 2. The number of benzene rings is 8. The summed E-state index contributed by atoms with van der Waals surface area (Å²) in [6, 6.07) is 61.4. The first-order chi connectivity index (χ1) is 27.1. The Balaban J connectivity index is 1.27. The molecular formula is C50H36BN3O. The van der Waals surface area contributed by atoms with Crippen LogP contribution in [0.5, 0.6) is 0 Å². The van der Waals surface area contributed by atoms with Gasteiger partial charge in [-0.15, -0.1) is 0 Å². The Morgan fingerprint density at radius 3 is 2.02 bits per heavy atom. The minimum absolute atomic E-state index is 0.808. The lowest BCUT2D eigenvalue weighted by Gasteiger charge is -2.30. The van der Waals surface area contributed by atoms with E-state index in [0.717, 1.165) is 63.2 Å². The van der Waals surface area contributed by atoms with Crippen LogP contribution in [0.4, 0.5) is 28.4 Å². The first-order valence-corrected chi connectivity index (χ1v) is 19.0. The number of hydrogen-bond acceptors (Lipinski definition) is 3. The number of furan rings is 1. The fourth-order valence-electron chi connectivity index (χ4n) is 8.87. The van der Waals surface area contributed by atoms with Gasteiger partial charge in [0.05, 0.1) is 11.2 Å². The van der Waals surface area contributed by atoms with E-state index in [4.69, 9.17) is 4.42 Å². The van der Waals surface area contributed by atoms with E-state index >= 15 is 0 Å². The first-order valence-electron chi connectivity index (χ1n) is 19.0. The van der Waals surface area contributed by atoms with Crippen LogP contribution in [-0.4, -0.2) is 11.8 Å². The molecule has 0 amide bonds. The SMILES string of the molecule is Cc1ccc(Nc2cc3oc4ccccc4c3cc2-c2cc(N(c3ccccc3)c3ccccc3)cc3c2Bc2cccc4c5ccccc5n-3c24)c(C)c1. The highest BCUT2D eigenvalue weighted by molar-refractivity contribution is 6.73. The van der Waals surface area contributed by atoms with Gasteiger partial charge in [-0.25, -0.2) is 0 Å². The van der Waals surface area contributed by atoms with E-state index in [2.05, 4.69) is 192 Å². The van der Waals surface area contributed by atoms with E-state index in [1.54, 1.807) is 0 Å². The van der Waals surface area contributed by atoms with E-state index in [9.17, 15) is 0 Å². The Labute approximate surface area is 320 Å². The van der Waals surface area contributed by atoms with E-state index in [0.29, 0.717) is 0 Å². The maximum Gasteiger partial charge on any atom is 0.198 e. The minimum Gasteiger partial charge on any atom is -0.456 e. The van der Waals surface area contributed by atoms with Crippen LogP contribution in [0, 0.1) is 13.8 Å². The average Bonchev–Trinajstić information content (AvgIpc) is 3.76. The molecule has 0 saturated carbocycles. The lowest BCUT2D eigenvalue weighted by Crippen LogP contribution is -2.37. The summed E-state index contributed by atoms with van der Waals surface area (Å²) in [5, 5.41) is 8.68. The van der Waals surface area contributed by atoms with Crippen molar-refractivity contribution in [3.05, 3.63) is 181 Å². The van der Waals surface area contributed by atoms with Crippen molar-refractivity contribution >= 4 is 90.4 Å². The second kappa shape index (κ2) is 12.3. The summed E-state index contributed by atoms with van der Waals surface area (Å²) in [4.78, 5) is 2.39. The molecule has 1 N–H and O–H groups in total. The number of aryl methyl sites for hydroxylation is 2. The van der Waals surface area contributed by atoms with E-state index in [1.807, 2.05) is 6.07 Å². The third-order valence-electron chi connectivity index (χ3n) is 11.3. The Bertz CT molecular complexity index is 3090. The Hall–Kier alpha value is -6.98. The second-order valence-electron chi connectivity index (χ2n) is 14.8. The van der Waals surface area contributed by atoms with Crippen molar-refractivity contribution in [2.24, 2.45) is 0 Å². The van der Waals surface area contributed by atoms with Gasteiger partial charge in [-0.3, -0.25) is 0 Å². The van der Waals surface area contributed by atoms with Gasteiger partial charge in [0.1, 0.15) is 11.2 Å². The summed E-state index contributed by atoms with van der Waals surface area (Å²) >= 11 is 0. The lowest BCUT2D eigenvalue weighted by molar-refractivity contribution is 0.669. The summed E-state index contributed by atoms with van der Waals surface area (Å²) in [6.07, 6.45) is 0. The zero-order chi connectivity index (χ0) is 36.6. The zero-order valence-electron chi connectivity index (χ0n) is 30.7. The summed E-state index contributed by atoms with van der Waals surface area (Å²) < 4.78 is 9.05. The third-order valence-corrected chi connectivity index (χ3v) is 11.3. The van der Waals surface area contributed by atoms with Crippen LogP contribution >= 0.6 is 0 Å². The smallest absolute Gasteiger partial charge is 0.198 e. The molecule has 0 radical (unpaired) electrons. The molecule has 2 aromatic heterocycles.